The minimum Gasteiger partial charge on any atom is -0.341 e. The largest absolute Gasteiger partial charge is 0.341 e. The Labute approximate surface area is 115 Å². The molecule has 0 fully saturated rings. The number of para-hydroxylation sites is 1. The average molecular weight is 256 g/mol. The van der Waals surface area contributed by atoms with Gasteiger partial charge < -0.3 is 4.90 Å². The Hall–Kier alpha value is -2.03. The molecule has 0 radical (unpaired) electrons. The van der Waals surface area contributed by atoms with Crippen LogP contribution in [0.4, 0.5) is 17.2 Å². The summed E-state index contributed by atoms with van der Waals surface area (Å²) < 4.78 is 2.16. The number of aromatic nitrogens is 1. The Morgan fingerprint density at radius 3 is 2.37 bits per heavy atom. The van der Waals surface area contributed by atoms with Crippen molar-refractivity contribution in [1.29, 1.82) is 0 Å². The van der Waals surface area contributed by atoms with E-state index in [1.165, 1.54) is 17.1 Å². The molecule has 0 unspecified atom stereocenters. The Kier molecular flexibility index (Phi) is 4.05. The van der Waals surface area contributed by atoms with Gasteiger partial charge in [-0.2, -0.15) is 0 Å². The number of aryl methyl sites for hydroxylation is 1. The van der Waals surface area contributed by atoms with Gasteiger partial charge in [-0.15, -0.1) is 0 Å². The first-order valence-electron chi connectivity index (χ1n) is 6.68. The van der Waals surface area contributed by atoms with Crippen molar-refractivity contribution in [1.82, 2.24) is 0 Å². The predicted octanol–water partition coefficient (Wildman–Crippen LogP) is 3.02. The van der Waals surface area contributed by atoms with Crippen LogP contribution in [0.3, 0.4) is 0 Å². The lowest BCUT2D eigenvalue weighted by Gasteiger charge is -2.24. The van der Waals surface area contributed by atoms with E-state index in [0.29, 0.717) is 0 Å². The fourth-order valence-corrected chi connectivity index (χ4v) is 2.30. The maximum Gasteiger partial charge on any atom is 0.276 e. The molecule has 1 heterocycles. The van der Waals surface area contributed by atoms with E-state index < -0.39 is 0 Å². The molecular formula is C16H22N3+. The van der Waals surface area contributed by atoms with E-state index >= 15 is 0 Å². The van der Waals surface area contributed by atoms with Crippen molar-refractivity contribution in [3.8, 4) is 0 Å². The smallest absolute Gasteiger partial charge is 0.276 e. The fraction of sp³-hybridized carbons (Fsp3) is 0.312. The highest BCUT2D eigenvalue weighted by Crippen LogP contribution is 2.26. The van der Waals surface area contributed by atoms with Crippen molar-refractivity contribution >= 4 is 17.2 Å². The van der Waals surface area contributed by atoms with Crippen LogP contribution in [-0.4, -0.2) is 13.6 Å². The lowest BCUT2D eigenvalue weighted by atomic mass is 10.2. The second-order valence-electron chi connectivity index (χ2n) is 4.63. The molecule has 1 aromatic heterocycles. The van der Waals surface area contributed by atoms with Crippen LogP contribution in [0.1, 0.15) is 12.6 Å². The maximum atomic E-state index is 3.24. The van der Waals surface area contributed by atoms with Gasteiger partial charge in [0, 0.05) is 18.3 Å². The van der Waals surface area contributed by atoms with E-state index in [-0.39, 0.29) is 0 Å². The van der Waals surface area contributed by atoms with E-state index in [0.717, 1.165) is 12.4 Å². The van der Waals surface area contributed by atoms with Crippen LogP contribution in [-0.2, 0) is 7.05 Å². The summed E-state index contributed by atoms with van der Waals surface area (Å²) in [7, 11) is 4.03. The molecule has 2 aromatic rings. The number of hydrogen-bond acceptors (Lipinski definition) is 2. The monoisotopic (exact) mass is 256 g/mol. The molecule has 100 valence electrons. The summed E-state index contributed by atoms with van der Waals surface area (Å²) in [6, 6.07) is 14.9. The molecule has 3 nitrogen and oxygen atoms in total. The zero-order chi connectivity index (χ0) is 13.8. The van der Waals surface area contributed by atoms with Gasteiger partial charge >= 0.3 is 0 Å². The molecule has 0 aliphatic carbocycles. The highest BCUT2D eigenvalue weighted by molar-refractivity contribution is 5.65. The molecule has 0 atom stereocenters. The zero-order valence-electron chi connectivity index (χ0n) is 12.1. The molecule has 0 amide bonds. The highest BCUT2D eigenvalue weighted by atomic mass is 15.1. The van der Waals surface area contributed by atoms with Crippen molar-refractivity contribution < 1.29 is 4.57 Å². The van der Waals surface area contributed by atoms with Gasteiger partial charge in [-0.1, -0.05) is 18.2 Å². The van der Waals surface area contributed by atoms with Crippen LogP contribution in [0.25, 0.3) is 0 Å². The first kappa shape index (κ1) is 13.4. The van der Waals surface area contributed by atoms with Crippen molar-refractivity contribution in [2.75, 3.05) is 23.8 Å². The minimum atomic E-state index is 0.945. The van der Waals surface area contributed by atoms with E-state index in [4.69, 9.17) is 0 Å². The molecule has 0 bridgehead atoms. The molecule has 1 N–H and O–H groups in total. The Balaban J connectivity index is 2.47. The normalized spacial score (nSPS) is 10.3. The SMILES string of the molecule is CCN(c1ccccc1)c1cc(C)[n+](C)c(NC)c1. The second kappa shape index (κ2) is 5.74. The topological polar surface area (TPSA) is 19.1 Å². The van der Waals surface area contributed by atoms with Crippen molar-refractivity contribution in [3.63, 3.8) is 0 Å². The minimum absolute atomic E-state index is 0.945. The van der Waals surface area contributed by atoms with Gasteiger partial charge in [0.2, 0.25) is 0 Å². The summed E-state index contributed by atoms with van der Waals surface area (Å²) in [5.41, 5.74) is 3.67. The number of hydrogen-bond donors (Lipinski definition) is 1. The number of nitrogens with zero attached hydrogens (tertiary/aromatic N) is 2. The summed E-state index contributed by atoms with van der Waals surface area (Å²) >= 11 is 0. The Bertz CT molecular complexity index is 549. The number of anilines is 3. The zero-order valence-corrected chi connectivity index (χ0v) is 12.1. The quantitative estimate of drug-likeness (QED) is 0.848. The van der Waals surface area contributed by atoms with Crippen LogP contribution in [0.15, 0.2) is 42.5 Å². The molecule has 0 saturated heterocycles. The van der Waals surface area contributed by atoms with Crippen molar-refractivity contribution in [2.24, 2.45) is 7.05 Å². The molecule has 1 aromatic carbocycles. The fourth-order valence-electron chi connectivity index (χ4n) is 2.30. The lowest BCUT2D eigenvalue weighted by Crippen LogP contribution is -2.35. The third-order valence-corrected chi connectivity index (χ3v) is 3.48. The van der Waals surface area contributed by atoms with Gasteiger partial charge in [-0.05, 0) is 26.0 Å². The molecule has 0 spiro atoms. The number of pyridine rings is 1. The van der Waals surface area contributed by atoms with Crippen LogP contribution < -0.4 is 14.8 Å². The van der Waals surface area contributed by atoms with Crippen molar-refractivity contribution in [3.05, 3.63) is 48.2 Å². The maximum absolute atomic E-state index is 3.24. The van der Waals surface area contributed by atoms with Gasteiger partial charge in [0.1, 0.15) is 5.69 Å². The molecule has 0 saturated carbocycles. The lowest BCUT2D eigenvalue weighted by molar-refractivity contribution is -0.663. The van der Waals surface area contributed by atoms with Gasteiger partial charge in [0.25, 0.3) is 5.82 Å². The first-order valence-corrected chi connectivity index (χ1v) is 6.68. The number of nitrogens with one attached hydrogen (secondary N) is 1. The molecule has 3 heteroatoms. The summed E-state index contributed by atoms with van der Waals surface area (Å²) in [6.45, 7) is 5.25. The number of benzene rings is 1. The molecule has 19 heavy (non-hydrogen) atoms. The molecular weight excluding hydrogens is 234 g/mol. The van der Waals surface area contributed by atoms with E-state index in [1.54, 1.807) is 0 Å². The third kappa shape index (κ3) is 2.70. The summed E-state index contributed by atoms with van der Waals surface area (Å²) in [5, 5.41) is 3.24. The van der Waals surface area contributed by atoms with E-state index in [9.17, 15) is 0 Å². The average Bonchev–Trinajstić information content (AvgIpc) is 2.44. The third-order valence-electron chi connectivity index (χ3n) is 3.48. The van der Waals surface area contributed by atoms with Gasteiger partial charge in [-0.3, -0.25) is 5.32 Å². The van der Waals surface area contributed by atoms with E-state index in [1.807, 2.05) is 13.1 Å². The van der Waals surface area contributed by atoms with Gasteiger partial charge in [0.05, 0.1) is 25.8 Å². The standard InChI is InChI=1S/C16H21N3/c1-5-19(14-9-7-6-8-10-14)15-11-13(2)18(4)16(12-15)17-3/h6-12H,5H2,1-4H3/p+1. The summed E-state index contributed by atoms with van der Waals surface area (Å²) in [4.78, 5) is 2.31. The second-order valence-corrected chi connectivity index (χ2v) is 4.63. The van der Waals surface area contributed by atoms with E-state index in [2.05, 4.69) is 72.1 Å². The van der Waals surface area contributed by atoms with Gasteiger partial charge in [0.15, 0.2) is 0 Å². The predicted molar refractivity (Wildman–Crippen MR) is 81.0 cm³/mol. The van der Waals surface area contributed by atoms with Crippen molar-refractivity contribution in [2.45, 2.75) is 13.8 Å². The summed E-state index contributed by atoms with van der Waals surface area (Å²) in [5.74, 6) is 1.12. The Morgan fingerprint density at radius 2 is 1.79 bits per heavy atom. The van der Waals surface area contributed by atoms with Crippen LogP contribution in [0, 0.1) is 6.92 Å². The van der Waals surface area contributed by atoms with Crippen LogP contribution >= 0.6 is 0 Å². The number of rotatable bonds is 4. The Morgan fingerprint density at radius 1 is 1.11 bits per heavy atom. The summed E-state index contributed by atoms with van der Waals surface area (Å²) in [6.07, 6.45) is 0. The van der Waals surface area contributed by atoms with Gasteiger partial charge in [-0.25, -0.2) is 4.57 Å². The first-order chi connectivity index (χ1) is 9.17. The van der Waals surface area contributed by atoms with Crippen LogP contribution in [0.5, 0.6) is 0 Å². The highest BCUT2D eigenvalue weighted by Gasteiger charge is 2.13. The molecule has 0 aliphatic rings. The van der Waals surface area contributed by atoms with Crippen LogP contribution in [0.2, 0.25) is 0 Å². The molecule has 2 rings (SSSR count). The molecule has 0 aliphatic heterocycles.